The van der Waals surface area contributed by atoms with Crippen LogP contribution in [0.2, 0.25) is 0 Å². The summed E-state index contributed by atoms with van der Waals surface area (Å²) in [5, 5.41) is 7.97. The molecule has 11 nitrogen and oxygen atoms in total. The number of sulfonamides is 1. The number of hydrogen-bond donors (Lipinski definition) is 2. The highest BCUT2D eigenvalue weighted by Crippen LogP contribution is 2.44. The third-order valence-electron chi connectivity index (χ3n) is 10.5. The highest BCUT2D eigenvalue weighted by molar-refractivity contribution is 7.89. The normalized spacial score (nSPS) is 18.6. The number of hydrazone groups is 1. The van der Waals surface area contributed by atoms with E-state index in [1.165, 1.54) is 37.8 Å². The van der Waals surface area contributed by atoms with Crippen LogP contribution in [0.25, 0.3) is 11.2 Å². The Balaban J connectivity index is 1.36. The molecule has 2 heterocycles. The molecule has 5 aromatic rings. The third-order valence-corrected chi connectivity index (χ3v) is 11.8. The number of fused-ring (bicyclic) bond motifs is 1. The smallest absolute Gasteiger partial charge is 0.416 e. The van der Waals surface area contributed by atoms with Crippen molar-refractivity contribution in [1.82, 2.24) is 24.4 Å². The van der Waals surface area contributed by atoms with Crippen molar-refractivity contribution in [3.63, 3.8) is 0 Å². The number of hydrogen-bond acceptors (Lipinski definition) is 9. The molecule has 15 heteroatoms. The molecule has 0 spiro atoms. The van der Waals surface area contributed by atoms with Crippen LogP contribution in [-0.2, 0) is 27.5 Å². The number of carbonyl (C=O) groups excluding carboxylic acids is 1. The first-order chi connectivity index (χ1) is 26.4. The van der Waals surface area contributed by atoms with Gasteiger partial charge in [0.25, 0.3) is 10.0 Å². The Morgan fingerprint density at radius 2 is 1.67 bits per heavy atom. The van der Waals surface area contributed by atoms with Crippen molar-refractivity contribution in [2.24, 2.45) is 11.0 Å². The zero-order valence-corrected chi connectivity index (χ0v) is 31.3. The first-order valence-corrected chi connectivity index (χ1v) is 19.9. The summed E-state index contributed by atoms with van der Waals surface area (Å²) in [5.74, 6) is -0.236. The van der Waals surface area contributed by atoms with Crippen LogP contribution in [0.3, 0.4) is 0 Å². The monoisotopic (exact) mass is 773 g/mol. The van der Waals surface area contributed by atoms with Crippen LogP contribution < -0.4 is 10.1 Å². The van der Waals surface area contributed by atoms with Gasteiger partial charge in [0.15, 0.2) is 11.5 Å². The molecule has 2 N–H and O–H groups in total. The zero-order valence-electron chi connectivity index (χ0n) is 30.5. The number of alkyl halides is 3. The van der Waals surface area contributed by atoms with Gasteiger partial charge >= 0.3 is 12.1 Å². The summed E-state index contributed by atoms with van der Waals surface area (Å²) in [6.45, 7) is 2.57. The molecular formula is C40H42F3N7O4S. The molecule has 2 atom stereocenters. The van der Waals surface area contributed by atoms with Gasteiger partial charge in [-0.2, -0.15) is 26.7 Å². The van der Waals surface area contributed by atoms with Gasteiger partial charge in [0.2, 0.25) is 5.82 Å². The molecule has 2 unspecified atom stereocenters. The topological polar surface area (TPSA) is 140 Å². The molecule has 0 bridgehead atoms. The summed E-state index contributed by atoms with van der Waals surface area (Å²) >= 11 is 0. The van der Waals surface area contributed by atoms with Crippen LogP contribution in [0, 0.1) is 12.8 Å². The van der Waals surface area contributed by atoms with E-state index in [0.717, 1.165) is 42.5 Å². The molecule has 3 aromatic carbocycles. The fourth-order valence-electron chi connectivity index (χ4n) is 7.39. The molecule has 55 heavy (non-hydrogen) atoms. The van der Waals surface area contributed by atoms with Crippen LogP contribution in [0.1, 0.15) is 95.5 Å². The van der Waals surface area contributed by atoms with E-state index < -0.39 is 33.7 Å². The number of aromatic nitrogens is 4. The van der Waals surface area contributed by atoms with Gasteiger partial charge in [0.05, 0.1) is 17.6 Å². The number of halogens is 3. The molecule has 2 aromatic heterocycles. The molecule has 0 amide bonds. The quantitative estimate of drug-likeness (QED) is 0.0961. The van der Waals surface area contributed by atoms with Gasteiger partial charge in [-0.15, -0.1) is 0 Å². The van der Waals surface area contributed by atoms with Crippen molar-refractivity contribution in [2.45, 2.75) is 81.3 Å². The van der Waals surface area contributed by atoms with Crippen molar-refractivity contribution in [1.29, 1.82) is 0 Å². The molecule has 0 saturated heterocycles. The molecule has 288 valence electrons. The summed E-state index contributed by atoms with van der Waals surface area (Å²) in [4.78, 5) is 29.6. The number of anilines is 1. The second-order valence-corrected chi connectivity index (χ2v) is 15.9. The van der Waals surface area contributed by atoms with E-state index >= 15 is 0 Å². The van der Waals surface area contributed by atoms with E-state index in [4.69, 9.17) is 9.72 Å². The SMILES string of the molecule is COC(=O)c1nc(NCCC2CCC2)c2c(n1)nc(C1CCCC(=NNS(=O)(=O)c3ccc(C)cc3)C1c1ccccc1)n2Cc1ccc(C(F)(F)F)cc1. The number of ether oxygens (including phenoxy) is 1. The minimum atomic E-state index is -4.50. The number of benzene rings is 3. The van der Waals surface area contributed by atoms with Crippen molar-refractivity contribution >= 4 is 38.7 Å². The number of imidazole rings is 1. The van der Waals surface area contributed by atoms with Gasteiger partial charge in [-0.1, -0.05) is 79.4 Å². The van der Waals surface area contributed by atoms with Crippen molar-refractivity contribution < 1.29 is 31.1 Å². The maximum absolute atomic E-state index is 13.6. The average Bonchev–Trinajstić information content (AvgIpc) is 3.52. The van der Waals surface area contributed by atoms with Gasteiger partial charge in [-0.05, 0) is 73.9 Å². The molecule has 2 aliphatic carbocycles. The van der Waals surface area contributed by atoms with Gasteiger partial charge in [0, 0.05) is 30.6 Å². The zero-order chi connectivity index (χ0) is 38.7. The third kappa shape index (κ3) is 8.36. The number of esters is 1. The van der Waals surface area contributed by atoms with Crippen molar-refractivity contribution in [2.75, 3.05) is 19.0 Å². The average molecular weight is 774 g/mol. The van der Waals surface area contributed by atoms with E-state index in [2.05, 4.69) is 25.2 Å². The van der Waals surface area contributed by atoms with E-state index in [9.17, 15) is 26.4 Å². The standard InChI is InChI=1S/C40H42F3N7O4S/c1-25-14-20-30(21-15-25)55(52,53)49-48-32-13-7-12-31(33(32)28-10-4-3-5-11-28)38-47-36-34(50(38)24-27-16-18-29(19-17-27)40(41,42)43)35(44-23-22-26-8-6-9-26)45-37(46-36)39(51)54-2/h3-5,10-11,14-21,26,31,33,49H,6-9,12-13,22-24H2,1-2H3,(H,44,45,46). The minimum absolute atomic E-state index is 0.0849. The predicted molar refractivity (Wildman–Crippen MR) is 202 cm³/mol. The Bertz CT molecular complexity index is 2290. The Hall–Kier alpha value is -5.31. The van der Waals surface area contributed by atoms with Gasteiger partial charge < -0.3 is 14.6 Å². The summed E-state index contributed by atoms with van der Waals surface area (Å²) in [7, 11) is -2.75. The molecule has 2 aliphatic rings. The lowest BCUT2D eigenvalue weighted by molar-refractivity contribution is -0.137. The summed E-state index contributed by atoms with van der Waals surface area (Å²) in [5.41, 5.74) is 2.94. The van der Waals surface area contributed by atoms with Crippen LogP contribution >= 0.6 is 0 Å². The van der Waals surface area contributed by atoms with E-state index in [-0.39, 0.29) is 28.8 Å². The number of nitrogens with zero attached hydrogens (tertiary/aromatic N) is 5. The second-order valence-electron chi connectivity index (χ2n) is 14.2. The largest absolute Gasteiger partial charge is 0.463 e. The molecular weight excluding hydrogens is 732 g/mol. The molecule has 2 saturated carbocycles. The number of carbonyl (C=O) groups is 1. The van der Waals surface area contributed by atoms with E-state index in [0.29, 0.717) is 60.2 Å². The Morgan fingerprint density at radius 3 is 2.33 bits per heavy atom. The Labute approximate surface area is 317 Å². The highest BCUT2D eigenvalue weighted by Gasteiger charge is 2.38. The summed E-state index contributed by atoms with van der Waals surface area (Å²) < 4.78 is 74.3. The number of methoxy groups -OCH3 is 1. The summed E-state index contributed by atoms with van der Waals surface area (Å²) in [6, 6.07) is 21.1. The lowest BCUT2D eigenvalue weighted by Crippen LogP contribution is -2.30. The number of aryl methyl sites for hydroxylation is 1. The summed E-state index contributed by atoms with van der Waals surface area (Å²) in [6.07, 6.45) is 1.68. The molecule has 2 fully saturated rings. The first kappa shape index (κ1) is 38.0. The van der Waals surface area contributed by atoms with Gasteiger partial charge in [0.1, 0.15) is 11.3 Å². The molecule has 7 rings (SSSR count). The van der Waals surface area contributed by atoms with E-state index in [1.54, 1.807) is 12.1 Å². The van der Waals surface area contributed by atoms with Crippen LogP contribution in [0.15, 0.2) is 88.9 Å². The van der Waals surface area contributed by atoms with Crippen LogP contribution in [-0.4, -0.2) is 53.3 Å². The lowest BCUT2D eigenvalue weighted by Gasteiger charge is -2.33. The lowest BCUT2D eigenvalue weighted by atomic mass is 9.73. The fourth-order valence-corrected chi connectivity index (χ4v) is 8.23. The number of nitrogens with one attached hydrogen (secondary N) is 2. The fraction of sp³-hybridized carbons (Fsp3) is 0.375. The van der Waals surface area contributed by atoms with Crippen molar-refractivity contribution in [3.8, 4) is 0 Å². The van der Waals surface area contributed by atoms with Crippen molar-refractivity contribution in [3.05, 3.63) is 113 Å². The second kappa shape index (κ2) is 15.8. The predicted octanol–water partition coefficient (Wildman–Crippen LogP) is 7.98. The molecule has 0 aliphatic heterocycles. The maximum Gasteiger partial charge on any atom is 0.416 e. The Morgan fingerprint density at radius 1 is 0.945 bits per heavy atom. The molecule has 0 radical (unpaired) electrons. The van der Waals surface area contributed by atoms with Gasteiger partial charge in [-0.3, -0.25) is 0 Å². The Kier molecular flexibility index (Phi) is 10.9. The maximum atomic E-state index is 13.6. The number of rotatable bonds is 12. The van der Waals surface area contributed by atoms with Crippen LogP contribution in [0.4, 0.5) is 19.0 Å². The van der Waals surface area contributed by atoms with E-state index in [1.807, 2.05) is 41.8 Å². The minimum Gasteiger partial charge on any atom is -0.463 e. The van der Waals surface area contributed by atoms with Crippen LogP contribution in [0.5, 0.6) is 0 Å². The highest BCUT2D eigenvalue weighted by atomic mass is 32.2. The first-order valence-electron chi connectivity index (χ1n) is 18.4. The van der Waals surface area contributed by atoms with Gasteiger partial charge in [-0.25, -0.2) is 24.6 Å².